The van der Waals surface area contributed by atoms with Crippen LogP contribution in [0.1, 0.15) is 0 Å². The van der Waals surface area contributed by atoms with E-state index in [4.69, 9.17) is 11.6 Å². The quantitative estimate of drug-likeness (QED) is 0.239. The van der Waals surface area contributed by atoms with Crippen molar-refractivity contribution in [2.45, 2.75) is 0 Å². The second-order valence-electron chi connectivity index (χ2n) is 8.39. The molecule has 6 aromatic carbocycles. The van der Waals surface area contributed by atoms with Crippen molar-refractivity contribution in [3.8, 4) is 11.1 Å². The third-order valence-corrected chi connectivity index (χ3v) is 6.61. The highest BCUT2D eigenvalue weighted by Crippen LogP contribution is 2.37. The molecule has 2 heteroatoms. The summed E-state index contributed by atoms with van der Waals surface area (Å²) >= 11 is 6.60. The van der Waals surface area contributed by atoms with Crippen LogP contribution in [0, 0.1) is 0 Å². The van der Waals surface area contributed by atoms with Crippen LogP contribution in [0.4, 0.5) is 17.1 Å². The number of hydrogen-bond acceptors (Lipinski definition) is 1. The van der Waals surface area contributed by atoms with Gasteiger partial charge in [-0.15, -0.1) is 0 Å². The predicted octanol–water partition coefficient (Wildman–Crippen LogP) is 9.78. The van der Waals surface area contributed by atoms with Crippen molar-refractivity contribution in [3.05, 3.63) is 138 Å². The minimum atomic E-state index is 0.789. The number of para-hydroxylation sites is 2. The minimum Gasteiger partial charge on any atom is -0.311 e. The molecule has 0 atom stereocenters. The summed E-state index contributed by atoms with van der Waals surface area (Å²) in [5.74, 6) is 0. The van der Waals surface area contributed by atoms with Gasteiger partial charge in [-0.1, -0.05) is 96.5 Å². The fourth-order valence-corrected chi connectivity index (χ4v) is 4.92. The summed E-state index contributed by atoms with van der Waals surface area (Å²) in [6.07, 6.45) is 0. The van der Waals surface area contributed by atoms with Gasteiger partial charge in [0.25, 0.3) is 0 Å². The molecule has 162 valence electrons. The number of halogens is 1. The topological polar surface area (TPSA) is 3.24 Å². The number of rotatable bonds is 4. The van der Waals surface area contributed by atoms with Crippen LogP contribution in [0.3, 0.4) is 0 Å². The van der Waals surface area contributed by atoms with Crippen molar-refractivity contribution >= 4 is 50.2 Å². The first-order valence-electron chi connectivity index (χ1n) is 11.4. The van der Waals surface area contributed by atoms with Gasteiger partial charge in [-0.2, -0.15) is 0 Å². The van der Waals surface area contributed by atoms with E-state index >= 15 is 0 Å². The Bertz CT molecular complexity index is 1550. The van der Waals surface area contributed by atoms with Crippen molar-refractivity contribution in [2.24, 2.45) is 0 Å². The second-order valence-corrected chi connectivity index (χ2v) is 8.80. The monoisotopic (exact) mass is 455 g/mol. The van der Waals surface area contributed by atoms with E-state index in [1.807, 2.05) is 12.1 Å². The third kappa shape index (κ3) is 3.71. The highest BCUT2D eigenvalue weighted by atomic mass is 35.5. The number of benzene rings is 6. The van der Waals surface area contributed by atoms with Crippen molar-refractivity contribution in [1.29, 1.82) is 0 Å². The Kier molecular flexibility index (Phi) is 5.25. The summed E-state index contributed by atoms with van der Waals surface area (Å²) in [5, 5.41) is 5.44. The minimum absolute atomic E-state index is 0.789. The zero-order valence-electron chi connectivity index (χ0n) is 18.5. The van der Waals surface area contributed by atoms with Gasteiger partial charge in [0.05, 0.1) is 0 Å². The van der Waals surface area contributed by atoms with E-state index in [2.05, 4.69) is 126 Å². The Morgan fingerprint density at radius 1 is 0.412 bits per heavy atom. The number of hydrogen-bond donors (Lipinski definition) is 0. The van der Waals surface area contributed by atoms with Gasteiger partial charge in [-0.05, 0) is 75.8 Å². The molecule has 0 saturated carbocycles. The first kappa shape index (κ1) is 20.5. The standard InChI is InChI=1S/C32H22ClN/c33-32-22-25-9-7-8-14-29(25)31-21-24(17-20-30(31)32)23-15-18-28(19-16-23)34(26-10-3-1-4-11-26)27-12-5-2-6-13-27/h1-22H. The molecule has 0 fully saturated rings. The molecular weight excluding hydrogens is 434 g/mol. The zero-order chi connectivity index (χ0) is 22.9. The van der Waals surface area contributed by atoms with Crippen molar-refractivity contribution in [3.63, 3.8) is 0 Å². The SMILES string of the molecule is Clc1cc2ccccc2c2cc(-c3ccc(N(c4ccccc4)c4ccccc4)cc3)ccc12. The molecule has 0 amide bonds. The summed E-state index contributed by atoms with van der Waals surface area (Å²) in [7, 11) is 0. The lowest BCUT2D eigenvalue weighted by atomic mass is 9.97. The van der Waals surface area contributed by atoms with Crippen LogP contribution in [0.2, 0.25) is 5.02 Å². The predicted molar refractivity (Wildman–Crippen MR) is 147 cm³/mol. The lowest BCUT2D eigenvalue weighted by molar-refractivity contribution is 1.28. The lowest BCUT2D eigenvalue weighted by Gasteiger charge is -2.25. The fraction of sp³-hybridized carbons (Fsp3) is 0. The molecule has 0 heterocycles. The van der Waals surface area contributed by atoms with Crippen LogP contribution in [0.25, 0.3) is 32.7 Å². The highest BCUT2D eigenvalue weighted by molar-refractivity contribution is 6.37. The third-order valence-electron chi connectivity index (χ3n) is 6.30. The first-order valence-corrected chi connectivity index (χ1v) is 11.8. The molecule has 0 aliphatic carbocycles. The van der Waals surface area contributed by atoms with Gasteiger partial charge in [0, 0.05) is 27.5 Å². The summed E-state index contributed by atoms with van der Waals surface area (Å²) in [5.41, 5.74) is 5.74. The summed E-state index contributed by atoms with van der Waals surface area (Å²) in [4.78, 5) is 2.28. The normalized spacial score (nSPS) is 11.1. The largest absolute Gasteiger partial charge is 0.311 e. The molecule has 6 aromatic rings. The van der Waals surface area contributed by atoms with E-state index in [-0.39, 0.29) is 0 Å². The van der Waals surface area contributed by atoms with Gasteiger partial charge < -0.3 is 4.90 Å². The molecule has 0 spiro atoms. The van der Waals surface area contributed by atoms with Crippen LogP contribution in [0.5, 0.6) is 0 Å². The molecule has 0 aromatic heterocycles. The molecule has 0 bridgehead atoms. The highest BCUT2D eigenvalue weighted by Gasteiger charge is 2.12. The van der Waals surface area contributed by atoms with Gasteiger partial charge in [0.1, 0.15) is 0 Å². The Hall–Kier alpha value is -4.07. The molecule has 6 rings (SSSR count). The molecule has 0 saturated heterocycles. The van der Waals surface area contributed by atoms with Gasteiger partial charge in [0.15, 0.2) is 0 Å². The Morgan fingerprint density at radius 3 is 1.65 bits per heavy atom. The molecule has 0 aliphatic heterocycles. The maximum absolute atomic E-state index is 6.60. The second kappa shape index (κ2) is 8.70. The molecule has 34 heavy (non-hydrogen) atoms. The molecule has 1 nitrogen and oxygen atoms in total. The summed E-state index contributed by atoms with van der Waals surface area (Å²) < 4.78 is 0. The Labute approximate surface area is 204 Å². The van der Waals surface area contributed by atoms with Gasteiger partial charge >= 0.3 is 0 Å². The van der Waals surface area contributed by atoms with Crippen LogP contribution < -0.4 is 4.90 Å². The van der Waals surface area contributed by atoms with Crippen molar-refractivity contribution < 1.29 is 0 Å². The fourth-order valence-electron chi connectivity index (χ4n) is 4.64. The van der Waals surface area contributed by atoms with Gasteiger partial charge in [-0.3, -0.25) is 0 Å². The smallest absolute Gasteiger partial charge is 0.0490 e. The number of fused-ring (bicyclic) bond motifs is 3. The average molecular weight is 456 g/mol. The molecule has 0 unspecified atom stereocenters. The molecular formula is C32H22ClN. The van der Waals surface area contributed by atoms with E-state index in [1.54, 1.807) is 0 Å². The van der Waals surface area contributed by atoms with E-state index in [1.165, 1.54) is 21.9 Å². The number of nitrogens with zero attached hydrogens (tertiary/aromatic N) is 1. The van der Waals surface area contributed by atoms with E-state index in [0.29, 0.717) is 0 Å². The van der Waals surface area contributed by atoms with Crippen LogP contribution in [-0.2, 0) is 0 Å². The summed E-state index contributed by atoms with van der Waals surface area (Å²) in [6.45, 7) is 0. The molecule has 0 aliphatic rings. The maximum atomic E-state index is 6.60. The summed E-state index contributed by atoms with van der Waals surface area (Å²) in [6, 6.07) is 46.7. The maximum Gasteiger partial charge on any atom is 0.0490 e. The van der Waals surface area contributed by atoms with Crippen LogP contribution in [0.15, 0.2) is 133 Å². The van der Waals surface area contributed by atoms with Crippen LogP contribution in [-0.4, -0.2) is 0 Å². The van der Waals surface area contributed by atoms with Crippen molar-refractivity contribution in [1.82, 2.24) is 0 Å². The van der Waals surface area contributed by atoms with Crippen molar-refractivity contribution in [2.75, 3.05) is 4.90 Å². The van der Waals surface area contributed by atoms with Gasteiger partial charge in [0.2, 0.25) is 0 Å². The van der Waals surface area contributed by atoms with E-state index in [9.17, 15) is 0 Å². The first-order chi connectivity index (χ1) is 16.8. The van der Waals surface area contributed by atoms with E-state index in [0.717, 1.165) is 32.9 Å². The Morgan fingerprint density at radius 2 is 0.971 bits per heavy atom. The average Bonchev–Trinajstić information content (AvgIpc) is 2.90. The van der Waals surface area contributed by atoms with Gasteiger partial charge in [-0.25, -0.2) is 0 Å². The lowest BCUT2D eigenvalue weighted by Crippen LogP contribution is -2.09. The Balaban J connectivity index is 1.44. The molecule has 0 N–H and O–H groups in total. The number of anilines is 3. The van der Waals surface area contributed by atoms with E-state index < -0.39 is 0 Å². The van der Waals surface area contributed by atoms with Crippen LogP contribution >= 0.6 is 11.6 Å². The zero-order valence-corrected chi connectivity index (χ0v) is 19.3. The molecule has 0 radical (unpaired) electrons.